The molecule has 0 unspecified atom stereocenters. The van der Waals surface area contributed by atoms with Crippen LogP contribution in [0.4, 0.5) is 0 Å². The van der Waals surface area contributed by atoms with E-state index in [-0.39, 0.29) is 0 Å². The summed E-state index contributed by atoms with van der Waals surface area (Å²) < 4.78 is 0. The van der Waals surface area contributed by atoms with Crippen molar-refractivity contribution in [1.82, 2.24) is 10.3 Å². The maximum atomic E-state index is 4.51. The lowest BCUT2D eigenvalue weighted by Gasteiger charge is -2.05. The second kappa shape index (κ2) is 5.76. The molecule has 0 spiro atoms. The van der Waals surface area contributed by atoms with E-state index < -0.39 is 0 Å². The van der Waals surface area contributed by atoms with E-state index in [2.05, 4.69) is 40.6 Å². The predicted octanol–water partition coefficient (Wildman–Crippen LogP) is 3.44. The van der Waals surface area contributed by atoms with Crippen LogP contribution in [-0.4, -0.2) is 12.0 Å². The summed E-state index contributed by atoms with van der Waals surface area (Å²) in [6.07, 6.45) is 5.74. The summed E-state index contributed by atoms with van der Waals surface area (Å²) in [4.78, 5) is 5.81. The van der Waals surface area contributed by atoms with Crippen molar-refractivity contribution in [1.29, 1.82) is 0 Å². The van der Waals surface area contributed by atoms with Gasteiger partial charge >= 0.3 is 0 Å². The van der Waals surface area contributed by atoms with Gasteiger partial charge in [0, 0.05) is 17.6 Å². The van der Waals surface area contributed by atoms with Crippen LogP contribution >= 0.6 is 11.8 Å². The predicted molar refractivity (Wildman–Crippen MR) is 79.6 cm³/mol. The van der Waals surface area contributed by atoms with Crippen LogP contribution in [0, 0.1) is 0 Å². The van der Waals surface area contributed by atoms with E-state index in [1.54, 1.807) is 11.8 Å². The molecule has 3 rings (SSSR count). The van der Waals surface area contributed by atoms with Gasteiger partial charge in [0.05, 0.1) is 0 Å². The van der Waals surface area contributed by atoms with Crippen LogP contribution in [0.25, 0.3) is 0 Å². The molecule has 1 aromatic carbocycles. The van der Waals surface area contributed by atoms with Gasteiger partial charge in [-0.2, -0.15) is 0 Å². The Labute approximate surface area is 118 Å². The highest BCUT2D eigenvalue weighted by Crippen LogP contribution is 2.31. The zero-order chi connectivity index (χ0) is 13.1. The number of benzene rings is 1. The first-order chi connectivity index (χ1) is 9.35. The third-order valence-corrected chi connectivity index (χ3v) is 4.41. The normalized spacial score (nSPS) is 13.5. The van der Waals surface area contributed by atoms with Crippen molar-refractivity contribution in [3.8, 4) is 0 Å². The smallest absolute Gasteiger partial charge is 0.101 e. The van der Waals surface area contributed by atoms with Gasteiger partial charge in [-0.25, -0.2) is 4.98 Å². The molecule has 1 heterocycles. The molecule has 1 aliphatic rings. The Balaban J connectivity index is 1.74. The lowest BCUT2D eigenvalue weighted by Crippen LogP contribution is -2.04. The Morgan fingerprint density at radius 3 is 2.84 bits per heavy atom. The minimum atomic E-state index is 0.872. The fraction of sp³-hybridized carbons (Fsp3) is 0.312. The Kier molecular flexibility index (Phi) is 3.85. The zero-order valence-corrected chi connectivity index (χ0v) is 12.0. The summed E-state index contributed by atoms with van der Waals surface area (Å²) in [6.45, 7) is 0.872. The van der Waals surface area contributed by atoms with Gasteiger partial charge < -0.3 is 5.32 Å². The van der Waals surface area contributed by atoms with Crippen molar-refractivity contribution >= 4 is 11.8 Å². The molecule has 0 radical (unpaired) electrons. The number of rotatable bonds is 4. The summed E-state index contributed by atoms with van der Waals surface area (Å²) in [5.74, 6) is 0. The van der Waals surface area contributed by atoms with E-state index in [0.29, 0.717) is 0 Å². The molecule has 3 heteroatoms. The van der Waals surface area contributed by atoms with E-state index in [9.17, 15) is 0 Å². The molecule has 2 nitrogen and oxygen atoms in total. The average Bonchev–Trinajstić information content (AvgIpc) is 2.89. The Morgan fingerprint density at radius 1 is 1.16 bits per heavy atom. The summed E-state index contributed by atoms with van der Waals surface area (Å²) in [5, 5.41) is 4.20. The van der Waals surface area contributed by atoms with Crippen molar-refractivity contribution < 1.29 is 0 Å². The number of pyridine rings is 1. The van der Waals surface area contributed by atoms with E-state index in [1.165, 1.54) is 40.8 Å². The first kappa shape index (κ1) is 12.7. The lowest BCUT2D eigenvalue weighted by atomic mass is 10.1. The number of nitrogens with zero attached hydrogens (tertiary/aromatic N) is 1. The van der Waals surface area contributed by atoms with Crippen LogP contribution in [0.15, 0.2) is 46.5 Å². The molecule has 19 heavy (non-hydrogen) atoms. The van der Waals surface area contributed by atoms with Crippen LogP contribution in [-0.2, 0) is 19.4 Å². The summed E-state index contributed by atoms with van der Waals surface area (Å²) in [7, 11) is 1.95. The minimum Gasteiger partial charge on any atom is -0.316 e. The first-order valence-corrected chi connectivity index (χ1v) is 7.56. The van der Waals surface area contributed by atoms with E-state index in [1.807, 2.05) is 13.2 Å². The average molecular weight is 270 g/mol. The number of aromatic nitrogens is 1. The molecular weight excluding hydrogens is 252 g/mol. The molecule has 0 fully saturated rings. The van der Waals surface area contributed by atoms with Crippen molar-refractivity contribution in [3.05, 3.63) is 53.2 Å². The van der Waals surface area contributed by atoms with Gasteiger partial charge in [-0.05, 0) is 61.2 Å². The number of fused-ring (bicyclic) bond motifs is 1. The summed E-state index contributed by atoms with van der Waals surface area (Å²) in [6, 6.07) is 11.1. The van der Waals surface area contributed by atoms with Crippen molar-refractivity contribution in [2.45, 2.75) is 35.7 Å². The van der Waals surface area contributed by atoms with Crippen LogP contribution in [0.1, 0.15) is 23.1 Å². The third kappa shape index (κ3) is 2.99. The number of hydrogen-bond acceptors (Lipinski definition) is 3. The van der Waals surface area contributed by atoms with Gasteiger partial charge in [-0.15, -0.1) is 0 Å². The Morgan fingerprint density at radius 2 is 2.05 bits per heavy atom. The second-order valence-corrected chi connectivity index (χ2v) is 6.01. The molecule has 0 saturated heterocycles. The van der Waals surface area contributed by atoms with E-state index in [4.69, 9.17) is 0 Å². The monoisotopic (exact) mass is 270 g/mol. The zero-order valence-electron chi connectivity index (χ0n) is 11.1. The fourth-order valence-electron chi connectivity index (χ4n) is 2.51. The fourth-order valence-corrected chi connectivity index (χ4v) is 3.33. The van der Waals surface area contributed by atoms with Crippen LogP contribution in [0.3, 0.4) is 0 Å². The van der Waals surface area contributed by atoms with Crippen molar-refractivity contribution in [3.63, 3.8) is 0 Å². The highest BCUT2D eigenvalue weighted by atomic mass is 32.2. The third-order valence-electron chi connectivity index (χ3n) is 3.47. The quantitative estimate of drug-likeness (QED) is 0.921. The standard InChI is InChI=1S/C16H18N2S/c1-17-10-12-5-8-16(18-11-12)19-15-7-6-13-3-2-4-14(13)9-15/h5-9,11,17H,2-4,10H2,1H3. The molecule has 1 aromatic heterocycles. The summed E-state index contributed by atoms with van der Waals surface area (Å²) >= 11 is 1.75. The number of nitrogens with one attached hydrogen (secondary N) is 1. The summed E-state index contributed by atoms with van der Waals surface area (Å²) in [5.41, 5.74) is 4.28. The van der Waals surface area contributed by atoms with Crippen LogP contribution in [0.5, 0.6) is 0 Å². The topological polar surface area (TPSA) is 24.9 Å². The molecule has 2 aromatic rings. The van der Waals surface area contributed by atoms with Crippen LogP contribution in [0.2, 0.25) is 0 Å². The molecule has 0 aliphatic heterocycles. The minimum absolute atomic E-state index is 0.872. The molecule has 0 bridgehead atoms. The van der Waals surface area contributed by atoms with Crippen molar-refractivity contribution in [2.24, 2.45) is 0 Å². The molecular formula is C16H18N2S. The van der Waals surface area contributed by atoms with E-state index in [0.717, 1.165) is 11.6 Å². The van der Waals surface area contributed by atoms with Crippen molar-refractivity contribution in [2.75, 3.05) is 7.05 Å². The van der Waals surface area contributed by atoms with Gasteiger partial charge in [-0.1, -0.05) is 23.9 Å². The number of aryl methyl sites for hydroxylation is 2. The lowest BCUT2D eigenvalue weighted by molar-refractivity contribution is 0.809. The Bertz CT molecular complexity index is 563. The number of hydrogen-bond donors (Lipinski definition) is 1. The van der Waals surface area contributed by atoms with Gasteiger partial charge in [0.25, 0.3) is 0 Å². The molecule has 1 aliphatic carbocycles. The maximum absolute atomic E-state index is 4.51. The van der Waals surface area contributed by atoms with Gasteiger partial charge in [0.15, 0.2) is 0 Å². The van der Waals surface area contributed by atoms with Gasteiger partial charge in [0.2, 0.25) is 0 Å². The van der Waals surface area contributed by atoms with E-state index >= 15 is 0 Å². The maximum Gasteiger partial charge on any atom is 0.101 e. The van der Waals surface area contributed by atoms with Crippen LogP contribution < -0.4 is 5.32 Å². The van der Waals surface area contributed by atoms with Gasteiger partial charge in [0.1, 0.15) is 5.03 Å². The largest absolute Gasteiger partial charge is 0.316 e. The SMILES string of the molecule is CNCc1ccc(Sc2ccc3c(c2)CCC3)nc1. The molecule has 0 amide bonds. The highest BCUT2D eigenvalue weighted by Gasteiger charge is 2.11. The highest BCUT2D eigenvalue weighted by molar-refractivity contribution is 7.99. The molecule has 98 valence electrons. The molecule has 0 saturated carbocycles. The molecule has 1 N–H and O–H groups in total. The first-order valence-electron chi connectivity index (χ1n) is 6.74. The van der Waals surface area contributed by atoms with Gasteiger partial charge in [-0.3, -0.25) is 0 Å². The second-order valence-electron chi connectivity index (χ2n) is 4.92. The Hall–Kier alpha value is -1.32. The molecule has 0 atom stereocenters.